The molecule has 19 heavy (non-hydrogen) atoms. The van der Waals surface area contributed by atoms with Gasteiger partial charge in [0.05, 0.1) is 13.2 Å². The van der Waals surface area contributed by atoms with E-state index in [1.54, 1.807) is 7.11 Å². The van der Waals surface area contributed by atoms with E-state index in [0.29, 0.717) is 6.04 Å². The van der Waals surface area contributed by atoms with Gasteiger partial charge in [0.25, 0.3) is 0 Å². The molecule has 108 valence electrons. The summed E-state index contributed by atoms with van der Waals surface area (Å²) in [4.78, 5) is 0. The lowest BCUT2D eigenvalue weighted by Gasteiger charge is -2.17. The number of hydrogen-bond acceptors (Lipinski definition) is 3. The van der Waals surface area contributed by atoms with Crippen molar-refractivity contribution >= 4 is 0 Å². The van der Waals surface area contributed by atoms with Crippen LogP contribution in [-0.2, 0) is 6.54 Å². The van der Waals surface area contributed by atoms with Crippen molar-refractivity contribution in [1.29, 1.82) is 0 Å². The van der Waals surface area contributed by atoms with E-state index in [1.807, 2.05) is 12.1 Å². The smallest absolute Gasteiger partial charge is 0.161 e. The third-order valence-electron chi connectivity index (χ3n) is 3.40. The molecule has 3 heteroatoms. The zero-order valence-electron chi connectivity index (χ0n) is 12.8. The van der Waals surface area contributed by atoms with Crippen molar-refractivity contribution in [3.05, 3.63) is 23.8 Å². The van der Waals surface area contributed by atoms with Gasteiger partial charge in [-0.1, -0.05) is 19.9 Å². The molecule has 0 aromatic heterocycles. The molecule has 0 aliphatic rings. The molecule has 0 aliphatic heterocycles. The van der Waals surface area contributed by atoms with Crippen molar-refractivity contribution in [3.63, 3.8) is 0 Å². The standard InChI is InChI=1S/C16H27NO2/c1-6-12(3)17-11-14-8-9-15(16(10-14)18-5)19-13(4)7-2/h8-10,12-13,17H,6-7,11H2,1-5H3/t12-,13+/m1/s1. The predicted molar refractivity (Wildman–Crippen MR) is 80.0 cm³/mol. The molecule has 0 amide bonds. The van der Waals surface area contributed by atoms with Crippen LogP contribution in [0.5, 0.6) is 11.5 Å². The summed E-state index contributed by atoms with van der Waals surface area (Å²) in [6, 6.07) is 6.67. The average molecular weight is 265 g/mol. The van der Waals surface area contributed by atoms with Gasteiger partial charge in [-0.3, -0.25) is 0 Å². The largest absolute Gasteiger partial charge is 0.493 e. The van der Waals surface area contributed by atoms with E-state index in [9.17, 15) is 0 Å². The molecule has 2 atom stereocenters. The highest BCUT2D eigenvalue weighted by atomic mass is 16.5. The van der Waals surface area contributed by atoms with Crippen LogP contribution in [-0.4, -0.2) is 19.3 Å². The van der Waals surface area contributed by atoms with Crippen LogP contribution in [0.3, 0.4) is 0 Å². The van der Waals surface area contributed by atoms with Crippen LogP contribution in [0.2, 0.25) is 0 Å². The molecule has 0 fully saturated rings. The van der Waals surface area contributed by atoms with Crippen LogP contribution in [0.4, 0.5) is 0 Å². The Kier molecular flexibility index (Phi) is 6.71. The van der Waals surface area contributed by atoms with Crippen molar-refractivity contribution in [2.45, 2.75) is 59.2 Å². The molecule has 0 saturated heterocycles. The zero-order chi connectivity index (χ0) is 14.3. The molecule has 0 spiro atoms. The van der Waals surface area contributed by atoms with E-state index in [-0.39, 0.29) is 6.10 Å². The minimum absolute atomic E-state index is 0.206. The lowest BCUT2D eigenvalue weighted by atomic mass is 10.1. The molecular formula is C16H27NO2. The van der Waals surface area contributed by atoms with Gasteiger partial charge in [0.2, 0.25) is 0 Å². The molecule has 1 aromatic carbocycles. The van der Waals surface area contributed by atoms with E-state index in [0.717, 1.165) is 30.9 Å². The highest BCUT2D eigenvalue weighted by molar-refractivity contribution is 5.43. The van der Waals surface area contributed by atoms with Crippen molar-refractivity contribution in [3.8, 4) is 11.5 Å². The normalized spacial score (nSPS) is 13.9. The Hall–Kier alpha value is -1.22. The first-order chi connectivity index (χ1) is 9.10. The molecule has 0 bridgehead atoms. The number of benzene rings is 1. The van der Waals surface area contributed by atoms with E-state index in [2.05, 4.69) is 39.1 Å². The minimum Gasteiger partial charge on any atom is -0.493 e. The summed E-state index contributed by atoms with van der Waals surface area (Å²) in [5.41, 5.74) is 1.22. The molecule has 0 aliphatic carbocycles. The van der Waals surface area contributed by atoms with Crippen LogP contribution >= 0.6 is 0 Å². The topological polar surface area (TPSA) is 30.5 Å². The fraction of sp³-hybridized carbons (Fsp3) is 0.625. The van der Waals surface area contributed by atoms with E-state index in [4.69, 9.17) is 9.47 Å². The molecule has 0 unspecified atom stereocenters. The van der Waals surface area contributed by atoms with Crippen molar-refractivity contribution < 1.29 is 9.47 Å². The minimum atomic E-state index is 0.206. The molecule has 3 nitrogen and oxygen atoms in total. The fourth-order valence-corrected chi connectivity index (χ4v) is 1.66. The van der Waals surface area contributed by atoms with Gasteiger partial charge < -0.3 is 14.8 Å². The first-order valence-corrected chi connectivity index (χ1v) is 7.17. The Morgan fingerprint density at radius 1 is 1.11 bits per heavy atom. The summed E-state index contributed by atoms with van der Waals surface area (Å²) < 4.78 is 11.3. The molecule has 0 saturated carbocycles. The molecule has 1 N–H and O–H groups in total. The van der Waals surface area contributed by atoms with Gasteiger partial charge in [0.1, 0.15) is 0 Å². The van der Waals surface area contributed by atoms with Gasteiger partial charge in [0, 0.05) is 12.6 Å². The van der Waals surface area contributed by atoms with Crippen LogP contribution in [0.25, 0.3) is 0 Å². The van der Waals surface area contributed by atoms with Gasteiger partial charge in [-0.25, -0.2) is 0 Å². The Morgan fingerprint density at radius 3 is 2.42 bits per heavy atom. The maximum Gasteiger partial charge on any atom is 0.161 e. The number of ether oxygens (including phenoxy) is 2. The number of methoxy groups -OCH3 is 1. The third kappa shape index (κ3) is 5.11. The van der Waals surface area contributed by atoms with Gasteiger partial charge in [-0.15, -0.1) is 0 Å². The zero-order valence-corrected chi connectivity index (χ0v) is 12.8. The molecule has 1 rings (SSSR count). The van der Waals surface area contributed by atoms with E-state index >= 15 is 0 Å². The van der Waals surface area contributed by atoms with Gasteiger partial charge in [-0.05, 0) is 44.4 Å². The van der Waals surface area contributed by atoms with Crippen LogP contribution in [0, 0.1) is 0 Å². The van der Waals surface area contributed by atoms with Crippen LogP contribution in [0.1, 0.15) is 46.1 Å². The van der Waals surface area contributed by atoms with Gasteiger partial charge in [-0.2, -0.15) is 0 Å². The van der Waals surface area contributed by atoms with Crippen molar-refractivity contribution in [2.75, 3.05) is 7.11 Å². The lowest BCUT2D eigenvalue weighted by molar-refractivity contribution is 0.207. The maximum atomic E-state index is 5.84. The van der Waals surface area contributed by atoms with Gasteiger partial charge >= 0.3 is 0 Å². The highest BCUT2D eigenvalue weighted by Crippen LogP contribution is 2.29. The predicted octanol–water partition coefficient (Wildman–Crippen LogP) is 3.76. The summed E-state index contributed by atoms with van der Waals surface area (Å²) in [6.45, 7) is 9.41. The number of hydrogen-bond donors (Lipinski definition) is 1. The van der Waals surface area contributed by atoms with Gasteiger partial charge in [0.15, 0.2) is 11.5 Å². The van der Waals surface area contributed by atoms with Crippen LogP contribution in [0.15, 0.2) is 18.2 Å². The molecule has 0 heterocycles. The summed E-state index contributed by atoms with van der Waals surface area (Å²) in [6.07, 6.45) is 2.32. The Bertz CT molecular complexity index is 379. The molecular weight excluding hydrogens is 238 g/mol. The summed E-state index contributed by atoms with van der Waals surface area (Å²) in [7, 11) is 1.69. The molecule has 0 radical (unpaired) electrons. The third-order valence-corrected chi connectivity index (χ3v) is 3.40. The highest BCUT2D eigenvalue weighted by Gasteiger charge is 2.09. The second kappa shape index (κ2) is 8.05. The monoisotopic (exact) mass is 265 g/mol. The number of nitrogens with one attached hydrogen (secondary N) is 1. The summed E-state index contributed by atoms with van der Waals surface area (Å²) >= 11 is 0. The average Bonchev–Trinajstić information content (AvgIpc) is 2.45. The second-order valence-corrected chi connectivity index (χ2v) is 5.01. The lowest BCUT2D eigenvalue weighted by Crippen LogP contribution is -2.24. The SMILES string of the molecule is CC[C@@H](C)NCc1ccc(O[C@@H](C)CC)c(OC)c1. The Morgan fingerprint density at radius 2 is 1.84 bits per heavy atom. The first kappa shape index (κ1) is 15.8. The molecule has 1 aromatic rings. The van der Waals surface area contributed by atoms with E-state index in [1.165, 1.54) is 5.56 Å². The summed E-state index contributed by atoms with van der Waals surface area (Å²) in [5.74, 6) is 1.63. The van der Waals surface area contributed by atoms with Crippen molar-refractivity contribution in [2.24, 2.45) is 0 Å². The maximum absolute atomic E-state index is 5.84. The Labute approximate surface area is 117 Å². The van der Waals surface area contributed by atoms with Crippen molar-refractivity contribution in [1.82, 2.24) is 5.32 Å². The second-order valence-electron chi connectivity index (χ2n) is 5.01. The summed E-state index contributed by atoms with van der Waals surface area (Å²) in [5, 5.41) is 3.47. The number of rotatable bonds is 8. The fourth-order valence-electron chi connectivity index (χ4n) is 1.66. The Balaban J connectivity index is 2.72. The quantitative estimate of drug-likeness (QED) is 0.776. The first-order valence-electron chi connectivity index (χ1n) is 7.17. The van der Waals surface area contributed by atoms with E-state index < -0.39 is 0 Å². The van der Waals surface area contributed by atoms with Crippen LogP contribution < -0.4 is 14.8 Å².